The van der Waals surface area contributed by atoms with Crippen molar-refractivity contribution in [3.63, 3.8) is 0 Å². The predicted molar refractivity (Wildman–Crippen MR) is 186 cm³/mol. The number of ether oxygens (including phenoxy) is 1. The van der Waals surface area contributed by atoms with Crippen LogP contribution in [0.5, 0.6) is 5.75 Å². The molecule has 0 spiro atoms. The summed E-state index contributed by atoms with van der Waals surface area (Å²) in [7, 11) is 0. The molecule has 3 N–H and O–H groups in total. The van der Waals surface area contributed by atoms with Crippen LogP contribution in [0.4, 0.5) is 0 Å². The number of carbonyl (C=O) groups excluding carboxylic acids is 2. The number of amides is 2. The van der Waals surface area contributed by atoms with Gasteiger partial charge in [-0.05, 0) is 65.9 Å². The number of hydrogen-bond donors (Lipinski definition) is 3. The maximum Gasteiger partial charge on any atom is 0.322 e. The SMILES string of the molecule is CCCCCCCOc1ccc(-c2ccc(-c3ccc(CC(NC(=O)c4ccc(C(C)(C)C)s4)C(=O)NCC(=O)O)cc3)nn2)cc1. The number of aliphatic carboxylic acids is 1. The quantitative estimate of drug-likeness (QED) is 0.110. The average molecular weight is 657 g/mol. The van der Waals surface area contributed by atoms with Crippen LogP contribution in [-0.4, -0.2) is 52.3 Å². The van der Waals surface area contributed by atoms with E-state index in [0.717, 1.165) is 46.0 Å². The predicted octanol–water partition coefficient (Wildman–Crippen LogP) is 7.06. The summed E-state index contributed by atoms with van der Waals surface area (Å²) >= 11 is 1.37. The normalized spacial score (nSPS) is 11.9. The van der Waals surface area contributed by atoms with Crippen LogP contribution in [-0.2, 0) is 21.4 Å². The minimum absolute atomic E-state index is 0.109. The van der Waals surface area contributed by atoms with Crippen molar-refractivity contribution in [3.05, 3.63) is 88.1 Å². The first kappa shape index (κ1) is 35.3. The van der Waals surface area contributed by atoms with Gasteiger partial charge >= 0.3 is 5.97 Å². The van der Waals surface area contributed by atoms with Crippen molar-refractivity contribution in [2.45, 2.75) is 77.7 Å². The maximum absolute atomic E-state index is 13.1. The van der Waals surface area contributed by atoms with Crippen molar-refractivity contribution in [1.82, 2.24) is 20.8 Å². The highest BCUT2D eigenvalue weighted by Gasteiger charge is 2.25. The van der Waals surface area contributed by atoms with Gasteiger partial charge in [0.05, 0.1) is 22.9 Å². The maximum atomic E-state index is 13.1. The third kappa shape index (κ3) is 10.7. The van der Waals surface area contributed by atoms with Crippen LogP contribution in [0.1, 0.15) is 79.9 Å². The van der Waals surface area contributed by atoms with E-state index in [-0.39, 0.29) is 17.7 Å². The highest BCUT2D eigenvalue weighted by atomic mass is 32.1. The monoisotopic (exact) mass is 656 g/mol. The van der Waals surface area contributed by atoms with E-state index in [9.17, 15) is 14.4 Å². The van der Waals surface area contributed by atoms with E-state index in [1.54, 1.807) is 6.07 Å². The standard InChI is InChI=1S/C37H44N4O5S/c1-5-6-7-8-9-22-46-28-16-14-27(15-17-28)30-19-18-29(40-41-30)26-12-10-25(11-13-26)23-31(35(44)38-24-34(42)43)39-36(45)32-20-21-33(47-32)37(2,3)4/h10-21,31H,5-9,22-24H2,1-4H3,(H,38,44)(H,39,45)(H,42,43). The topological polar surface area (TPSA) is 131 Å². The van der Waals surface area contributed by atoms with E-state index in [2.05, 4.69) is 48.5 Å². The molecule has 4 aromatic rings. The Balaban J connectivity index is 1.38. The number of carboxylic acids is 1. The molecule has 47 heavy (non-hydrogen) atoms. The third-order valence-corrected chi connectivity index (χ3v) is 9.14. The summed E-state index contributed by atoms with van der Waals surface area (Å²) in [5.41, 5.74) is 3.92. The van der Waals surface area contributed by atoms with E-state index in [4.69, 9.17) is 9.84 Å². The van der Waals surface area contributed by atoms with Crippen molar-refractivity contribution in [1.29, 1.82) is 0 Å². The van der Waals surface area contributed by atoms with Crippen molar-refractivity contribution >= 4 is 29.1 Å². The average Bonchev–Trinajstić information content (AvgIpc) is 3.58. The lowest BCUT2D eigenvalue weighted by Crippen LogP contribution is -2.49. The number of rotatable bonds is 16. The minimum atomic E-state index is -1.16. The Kier molecular flexibility index (Phi) is 12.6. The van der Waals surface area contributed by atoms with Gasteiger partial charge in [-0.2, -0.15) is 0 Å². The van der Waals surface area contributed by atoms with Gasteiger partial charge in [-0.25, -0.2) is 0 Å². The summed E-state index contributed by atoms with van der Waals surface area (Å²) in [5, 5.41) is 23.1. The molecule has 0 fully saturated rings. The van der Waals surface area contributed by atoms with Crippen LogP contribution in [0.3, 0.4) is 0 Å². The number of unbranched alkanes of at least 4 members (excludes halogenated alkanes) is 4. The molecule has 2 aromatic heterocycles. The molecular weight excluding hydrogens is 612 g/mol. The zero-order valence-corrected chi connectivity index (χ0v) is 28.4. The lowest BCUT2D eigenvalue weighted by atomic mass is 9.95. The zero-order valence-electron chi connectivity index (χ0n) is 27.5. The molecule has 10 heteroatoms. The fourth-order valence-electron chi connectivity index (χ4n) is 4.89. The number of benzene rings is 2. The van der Waals surface area contributed by atoms with Crippen molar-refractivity contribution in [3.8, 4) is 28.3 Å². The molecule has 4 rings (SSSR count). The molecule has 0 bridgehead atoms. The van der Waals surface area contributed by atoms with Crippen LogP contribution in [0, 0.1) is 0 Å². The van der Waals surface area contributed by atoms with Gasteiger partial charge in [0, 0.05) is 22.4 Å². The Morgan fingerprint density at radius 1 is 0.830 bits per heavy atom. The lowest BCUT2D eigenvalue weighted by Gasteiger charge is -2.18. The van der Waals surface area contributed by atoms with Crippen LogP contribution >= 0.6 is 11.3 Å². The van der Waals surface area contributed by atoms with E-state index in [1.165, 1.54) is 37.0 Å². The highest BCUT2D eigenvalue weighted by molar-refractivity contribution is 7.14. The molecule has 9 nitrogen and oxygen atoms in total. The molecule has 1 atom stereocenters. The van der Waals surface area contributed by atoms with E-state index in [1.807, 2.05) is 66.7 Å². The fraction of sp³-hybridized carbons (Fsp3) is 0.378. The number of thiophene rings is 1. The fourth-order valence-corrected chi connectivity index (χ4v) is 5.86. The Bertz CT molecular complexity index is 1610. The molecule has 0 saturated carbocycles. The molecule has 2 heterocycles. The van der Waals surface area contributed by atoms with Gasteiger partial charge in [0.1, 0.15) is 18.3 Å². The molecule has 0 radical (unpaired) electrons. The largest absolute Gasteiger partial charge is 0.494 e. The number of nitrogens with one attached hydrogen (secondary N) is 2. The van der Waals surface area contributed by atoms with Crippen LogP contribution in [0.25, 0.3) is 22.5 Å². The Labute approximate surface area is 280 Å². The number of nitrogens with zero attached hydrogens (tertiary/aromatic N) is 2. The van der Waals surface area contributed by atoms with Gasteiger partial charge in [-0.1, -0.05) is 77.6 Å². The van der Waals surface area contributed by atoms with Gasteiger partial charge in [0.2, 0.25) is 5.91 Å². The van der Waals surface area contributed by atoms with Gasteiger partial charge in [-0.15, -0.1) is 21.5 Å². The molecule has 0 aliphatic carbocycles. The summed E-state index contributed by atoms with van der Waals surface area (Å²) in [5.74, 6) is -1.27. The van der Waals surface area contributed by atoms with Crippen LogP contribution in [0.15, 0.2) is 72.8 Å². The van der Waals surface area contributed by atoms with Gasteiger partial charge in [-0.3, -0.25) is 14.4 Å². The molecule has 2 amide bonds. The first-order valence-corrected chi connectivity index (χ1v) is 16.9. The smallest absolute Gasteiger partial charge is 0.322 e. The van der Waals surface area contributed by atoms with Crippen molar-refractivity contribution in [2.24, 2.45) is 0 Å². The van der Waals surface area contributed by atoms with Crippen LogP contribution in [0.2, 0.25) is 0 Å². The second-order valence-electron chi connectivity index (χ2n) is 12.5. The van der Waals surface area contributed by atoms with Crippen LogP contribution < -0.4 is 15.4 Å². The number of aromatic nitrogens is 2. The van der Waals surface area contributed by atoms with Crippen molar-refractivity contribution < 1.29 is 24.2 Å². The molecule has 0 saturated heterocycles. The number of carbonyl (C=O) groups is 3. The van der Waals surface area contributed by atoms with Gasteiger partial charge in [0.25, 0.3) is 5.91 Å². The Hall–Kier alpha value is -4.57. The molecular formula is C37H44N4O5S. The summed E-state index contributed by atoms with van der Waals surface area (Å²) in [6.45, 7) is 8.59. The van der Waals surface area contributed by atoms with E-state index < -0.39 is 24.5 Å². The summed E-state index contributed by atoms with van der Waals surface area (Å²) in [6.07, 6.45) is 6.18. The number of hydrogen-bond acceptors (Lipinski definition) is 7. The second-order valence-corrected chi connectivity index (χ2v) is 13.6. The van der Waals surface area contributed by atoms with Crippen molar-refractivity contribution in [2.75, 3.05) is 13.2 Å². The zero-order chi connectivity index (χ0) is 33.8. The molecule has 0 aliphatic rings. The van der Waals surface area contributed by atoms with Gasteiger partial charge < -0.3 is 20.5 Å². The minimum Gasteiger partial charge on any atom is -0.494 e. The first-order chi connectivity index (χ1) is 22.5. The molecule has 2 aromatic carbocycles. The summed E-state index contributed by atoms with van der Waals surface area (Å²) < 4.78 is 5.87. The summed E-state index contributed by atoms with van der Waals surface area (Å²) in [6, 6.07) is 21.9. The highest BCUT2D eigenvalue weighted by Crippen LogP contribution is 2.29. The van der Waals surface area contributed by atoms with E-state index >= 15 is 0 Å². The molecule has 248 valence electrons. The Morgan fingerprint density at radius 3 is 2.00 bits per heavy atom. The van der Waals surface area contributed by atoms with E-state index in [0.29, 0.717) is 10.6 Å². The summed E-state index contributed by atoms with van der Waals surface area (Å²) in [4.78, 5) is 38.6. The Morgan fingerprint density at radius 2 is 1.45 bits per heavy atom. The molecule has 1 unspecified atom stereocenters. The second kappa shape index (κ2) is 16.8. The third-order valence-electron chi connectivity index (χ3n) is 7.63. The number of carboxylic acid groups (broad SMARTS) is 1. The first-order valence-electron chi connectivity index (χ1n) is 16.1. The molecule has 0 aliphatic heterocycles. The lowest BCUT2D eigenvalue weighted by molar-refractivity contribution is -0.138. The van der Waals surface area contributed by atoms with Gasteiger partial charge in [0.15, 0.2) is 0 Å².